The van der Waals surface area contributed by atoms with Crippen LogP contribution in [0.25, 0.3) is 0 Å². The van der Waals surface area contributed by atoms with Crippen LogP contribution in [0.5, 0.6) is 0 Å². The normalized spacial score (nSPS) is 45.7. The first kappa shape index (κ1) is 7.33. The molecule has 3 saturated carbocycles. The smallest absolute Gasteiger partial charge is 0.139 e. The Bertz CT molecular complexity index is 217. The van der Waals surface area contributed by atoms with Crippen LogP contribution in [0.2, 0.25) is 0 Å². The number of ketones is 1. The van der Waals surface area contributed by atoms with Crippen molar-refractivity contribution in [3.63, 3.8) is 0 Å². The van der Waals surface area contributed by atoms with Crippen LogP contribution in [0.1, 0.15) is 40.0 Å². The van der Waals surface area contributed by atoms with Gasteiger partial charge in [0.15, 0.2) is 0 Å². The SMILES string of the molecule is CCC12CC(CC1=O)C2(C)C. The van der Waals surface area contributed by atoms with Gasteiger partial charge in [-0.25, -0.2) is 0 Å². The molecular formula is C10H16O. The molecule has 0 radical (unpaired) electrons. The Morgan fingerprint density at radius 1 is 1.55 bits per heavy atom. The summed E-state index contributed by atoms with van der Waals surface area (Å²) >= 11 is 0. The fourth-order valence-corrected chi connectivity index (χ4v) is 3.22. The Morgan fingerprint density at radius 2 is 2.18 bits per heavy atom. The lowest BCUT2D eigenvalue weighted by Crippen LogP contribution is -2.49. The summed E-state index contributed by atoms with van der Waals surface area (Å²) in [6, 6.07) is 0. The molecule has 1 nitrogen and oxygen atoms in total. The molecule has 0 heterocycles. The molecule has 3 aliphatic carbocycles. The summed E-state index contributed by atoms with van der Waals surface area (Å²) in [4.78, 5) is 11.6. The van der Waals surface area contributed by atoms with Gasteiger partial charge in [-0.05, 0) is 24.2 Å². The maximum atomic E-state index is 11.6. The number of carbonyl (C=O) groups is 1. The quantitative estimate of drug-likeness (QED) is 0.564. The van der Waals surface area contributed by atoms with E-state index in [2.05, 4.69) is 20.8 Å². The average Bonchev–Trinajstić information content (AvgIpc) is 2.37. The van der Waals surface area contributed by atoms with E-state index in [0.29, 0.717) is 17.1 Å². The number of rotatable bonds is 1. The maximum absolute atomic E-state index is 11.6. The van der Waals surface area contributed by atoms with Crippen molar-refractivity contribution in [3.05, 3.63) is 0 Å². The molecule has 62 valence electrons. The summed E-state index contributed by atoms with van der Waals surface area (Å²) in [6.07, 6.45) is 3.09. The molecule has 0 aromatic carbocycles. The van der Waals surface area contributed by atoms with Crippen molar-refractivity contribution >= 4 is 5.78 Å². The molecule has 0 amide bonds. The molecular weight excluding hydrogens is 136 g/mol. The average molecular weight is 152 g/mol. The Labute approximate surface area is 68.2 Å². The fourth-order valence-electron chi connectivity index (χ4n) is 3.22. The van der Waals surface area contributed by atoms with Gasteiger partial charge in [-0.15, -0.1) is 0 Å². The first-order chi connectivity index (χ1) is 5.04. The monoisotopic (exact) mass is 152 g/mol. The number of hydrogen-bond acceptors (Lipinski definition) is 1. The van der Waals surface area contributed by atoms with Crippen LogP contribution in [0, 0.1) is 16.7 Å². The van der Waals surface area contributed by atoms with Crippen molar-refractivity contribution < 1.29 is 4.79 Å². The summed E-state index contributed by atoms with van der Waals surface area (Å²) in [5.41, 5.74) is 0.413. The molecule has 0 aromatic rings. The Hall–Kier alpha value is -0.330. The zero-order chi connectivity index (χ0) is 8.28. The van der Waals surface area contributed by atoms with Crippen molar-refractivity contribution in [2.45, 2.75) is 40.0 Å². The summed E-state index contributed by atoms with van der Waals surface area (Å²) in [5, 5.41) is 0. The van der Waals surface area contributed by atoms with Gasteiger partial charge in [0.2, 0.25) is 0 Å². The number of Topliss-reactive ketones (excluding diaryl/α,β-unsaturated/α-hetero) is 1. The first-order valence-corrected chi connectivity index (χ1v) is 4.58. The molecule has 0 N–H and O–H groups in total. The van der Waals surface area contributed by atoms with Gasteiger partial charge >= 0.3 is 0 Å². The van der Waals surface area contributed by atoms with Crippen molar-refractivity contribution in [1.29, 1.82) is 0 Å². The van der Waals surface area contributed by atoms with E-state index in [9.17, 15) is 4.79 Å². The standard InChI is InChI=1S/C10H16O/c1-4-10-6-7(5-8(10)11)9(10,2)3/h7H,4-6H2,1-3H3. The molecule has 11 heavy (non-hydrogen) atoms. The zero-order valence-electron chi connectivity index (χ0n) is 7.61. The second-order valence-electron chi connectivity index (χ2n) is 4.69. The first-order valence-electron chi connectivity index (χ1n) is 4.58. The predicted octanol–water partition coefficient (Wildman–Crippen LogP) is 2.40. The molecule has 2 atom stereocenters. The van der Waals surface area contributed by atoms with Gasteiger partial charge in [-0.3, -0.25) is 4.79 Å². The van der Waals surface area contributed by atoms with Gasteiger partial charge in [0, 0.05) is 11.8 Å². The Morgan fingerprint density at radius 3 is 2.36 bits per heavy atom. The van der Waals surface area contributed by atoms with Gasteiger partial charge in [0.1, 0.15) is 5.78 Å². The third-order valence-corrected chi connectivity index (χ3v) is 4.42. The van der Waals surface area contributed by atoms with Crippen LogP contribution in [-0.2, 0) is 4.79 Å². The highest BCUT2D eigenvalue weighted by atomic mass is 16.1. The lowest BCUT2D eigenvalue weighted by molar-refractivity contribution is -0.137. The van der Waals surface area contributed by atoms with E-state index in [4.69, 9.17) is 0 Å². The van der Waals surface area contributed by atoms with E-state index >= 15 is 0 Å². The summed E-state index contributed by atoms with van der Waals surface area (Å²) in [7, 11) is 0. The molecule has 0 aromatic heterocycles. The molecule has 0 aliphatic heterocycles. The topological polar surface area (TPSA) is 17.1 Å². The summed E-state index contributed by atoms with van der Waals surface area (Å²) in [6.45, 7) is 6.67. The highest BCUT2D eigenvalue weighted by Crippen LogP contribution is 2.69. The molecule has 2 unspecified atom stereocenters. The summed E-state index contributed by atoms with van der Waals surface area (Å²) < 4.78 is 0. The van der Waals surface area contributed by atoms with E-state index in [1.54, 1.807) is 0 Å². The minimum atomic E-state index is 0.0949. The Balaban J connectivity index is 2.39. The summed E-state index contributed by atoms with van der Waals surface area (Å²) in [5.74, 6) is 1.24. The van der Waals surface area contributed by atoms with Crippen molar-refractivity contribution in [2.24, 2.45) is 16.7 Å². The maximum Gasteiger partial charge on any atom is 0.139 e. The third-order valence-electron chi connectivity index (χ3n) is 4.42. The van der Waals surface area contributed by atoms with E-state index in [0.717, 1.165) is 12.8 Å². The largest absolute Gasteiger partial charge is 0.299 e. The van der Waals surface area contributed by atoms with Crippen molar-refractivity contribution in [3.8, 4) is 0 Å². The highest BCUT2D eigenvalue weighted by Gasteiger charge is 2.68. The van der Waals surface area contributed by atoms with Crippen molar-refractivity contribution in [2.75, 3.05) is 0 Å². The second-order valence-corrected chi connectivity index (χ2v) is 4.69. The van der Waals surface area contributed by atoms with E-state index < -0.39 is 0 Å². The second kappa shape index (κ2) is 1.70. The van der Waals surface area contributed by atoms with Gasteiger partial charge in [-0.2, -0.15) is 0 Å². The Kier molecular flexibility index (Phi) is 1.13. The lowest BCUT2D eigenvalue weighted by atomic mass is 9.50. The fraction of sp³-hybridized carbons (Fsp3) is 0.900. The van der Waals surface area contributed by atoms with E-state index in [1.165, 1.54) is 6.42 Å². The number of carbonyl (C=O) groups excluding carboxylic acids is 1. The molecule has 1 heteroatoms. The van der Waals surface area contributed by atoms with E-state index in [1.807, 2.05) is 0 Å². The minimum absolute atomic E-state index is 0.0949. The molecule has 3 fully saturated rings. The van der Waals surface area contributed by atoms with Crippen LogP contribution in [0.4, 0.5) is 0 Å². The molecule has 3 aliphatic rings. The third kappa shape index (κ3) is 0.533. The van der Waals surface area contributed by atoms with Crippen LogP contribution in [0.15, 0.2) is 0 Å². The van der Waals surface area contributed by atoms with Crippen LogP contribution in [0.3, 0.4) is 0 Å². The van der Waals surface area contributed by atoms with Crippen LogP contribution in [-0.4, -0.2) is 5.78 Å². The molecule has 2 bridgehead atoms. The van der Waals surface area contributed by atoms with Crippen LogP contribution < -0.4 is 0 Å². The van der Waals surface area contributed by atoms with Gasteiger partial charge in [0.25, 0.3) is 0 Å². The van der Waals surface area contributed by atoms with Crippen LogP contribution >= 0.6 is 0 Å². The number of hydrogen-bond donors (Lipinski definition) is 0. The number of fused-ring (bicyclic) bond motifs is 1. The molecule has 3 rings (SSSR count). The van der Waals surface area contributed by atoms with Crippen molar-refractivity contribution in [1.82, 2.24) is 0 Å². The zero-order valence-corrected chi connectivity index (χ0v) is 7.61. The van der Waals surface area contributed by atoms with Gasteiger partial charge in [-0.1, -0.05) is 20.8 Å². The lowest BCUT2D eigenvalue weighted by Gasteiger charge is -2.53. The molecule has 0 spiro atoms. The molecule has 0 saturated heterocycles. The van der Waals surface area contributed by atoms with Gasteiger partial charge in [0.05, 0.1) is 0 Å². The van der Waals surface area contributed by atoms with Gasteiger partial charge < -0.3 is 0 Å². The highest BCUT2D eigenvalue weighted by molar-refractivity contribution is 5.91. The minimum Gasteiger partial charge on any atom is -0.299 e. The van der Waals surface area contributed by atoms with E-state index in [-0.39, 0.29) is 5.41 Å². The predicted molar refractivity (Wildman–Crippen MR) is 44.2 cm³/mol.